The Morgan fingerprint density at radius 3 is 2.26 bits per heavy atom. The third-order valence-electron chi connectivity index (χ3n) is 5.16. The maximum absolute atomic E-state index is 12.7. The molecule has 0 bridgehead atoms. The van der Waals surface area contributed by atoms with Gasteiger partial charge in [0.2, 0.25) is 15.9 Å². The van der Waals surface area contributed by atoms with Crippen LogP contribution in [0, 0.1) is 0 Å². The van der Waals surface area contributed by atoms with Crippen LogP contribution in [0.3, 0.4) is 0 Å². The van der Waals surface area contributed by atoms with E-state index in [4.69, 9.17) is 0 Å². The molecule has 8 nitrogen and oxygen atoms in total. The van der Waals surface area contributed by atoms with Gasteiger partial charge in [-0.15, -0.1) is 0 Å². The van der Waals surface area contributed by atoms with Crippen molar-refractivity contribution in [2.75, 3.05) is 32.7 Å². The minimum absolute atomic E-state index is 0.0591. The highest BCUT2D eigenvalue weighted by Gasteiger charge is 2.38. The molecule has 1 amide bonds. The van der Waals surface area contributed by atoms with Crippen LogP contribution in [-0.4, -0.2) is 84.3 Å². The molecule has 1 aliphatic carbocycles. The van der Waals surface area contributed by atoms with Crippen molar-refractivity contribution in [3.05, 3.63) is 30.3 Å². The van der Waals surface area contributed by atoms with Crippen molar-refractivity contribution < 1.29 is 23.1 Å². The quantitative estimate of drug-likeness (QED) is 0.720. The predicted molar refractivity (Wildman–Crippen MR) is 98.6 cm³/mol. The van der Waals surface area contributed by atoms with E-state index in [1.807, 2.05) is 0 Å². The summed E-state index contributed by atoms with van der Waals surface area (Å²) in [5.41, 5.74) is 0. The average molecular weight is 395 g/mol. The monoisotopic (exact) mass is 395 g/mol. The van der Waals surface area contributed by atoms with E-state index < -0.39 is 22.0 Å². The molecule has 0 aromatic heterocycles. The van der Waals surface area contributed by atoms with Gasteiger partial charge in [-0.2, -0.15) is 4.31 Å². The Labute approximate surface area is 159 Å². The molecule has 27 heavy (non-hydrogen) atoms. The second-order valence-electron chi connectivity index (χ2n) is 7.02. The highest BCUT2D eigenvalue weighted by molar-refractivity contribution is 7.89. The fourth-order valence-corrected chi connectivity index (χ4v) is 4.75. The first-order chi connectivity index (χ1) is 12.8. The van der Waals surface area contributed by atoms with Gasteiger partial charge in [-0.3, -0.25) is 14.5 Å². The number of carbonyl (C=O) groups excluding carboxylic acids is 1. The Balaban J connectivity index is 1.58. The Bertz CT molecular complexity index is 786. The van der Waals surface area contributed by atoms with Gasteiger partial charge in [-0.25, -0.2) is 8.42 Å². The van der Waals surface area contributed by atoms with Gasteiger partial charge in [-0.05, 0) is 31.9 Å². The van der Waals surface area contributed by atoms with E-state index >= 15 is 0 Å². The molecule has 1 unspecified atom stereocenters. The third-order valence-corrected chi connectivity index (χ3v) is 7.07. The van der Waals surface area contributed by atoms with Crippen LogP contribution in [0.4, 0.5) is 0 Å². The second kappa shape index (κ2) is 7.95. The first-order valence-electron chi connectivity index (χ1n) is 9.12. The molecule has 1 aromatic carbocycles. The zero-order valence-corrected chi connectivity index (χ0v) is 16.1. The Morgan fingerprint density at radius 2 is 1.74 bits per heavy atom. The van der Waals surface area contributed by atoms with Crippen molar-refractivity contribution in [3.8, 4) is 0 Å². The summed E-state index contributed by atoms with van der Waals surface area (Å²) in [6.45, 7) is 2.75. The van der Waals surface area contributed by atoms with E-state index in [9.17, 15) is 23.1 Å². The van der Waals surface area contributed by atoms with Crippen LogP contribution in [0.1, 0.15) is 19.8 Å². The van der Waals surface area contributed by atoms with Crippen LogP contribution < -0.4 is 0 Å². The van der Waals surface area contributed by atoms with E-state index in [1.165, 1.54) is 4.31 Å². The van der Waals surface area contributed by atoms with Gasteiger partial charge in [0.05, 0.1) is 11.4 Å². The lowest BCUT2D eigenvalue weighted by molar-refractivity contribution is -0.144. The van der Waals surface area contributed by atoms with Gasteiger partial charge in [0.25, 0.3) is 0 Å². The lowest BCUT2D eigenvalue weighted by atomic mass is 10.2. The minimum Gasteiger partial charge on any atom is -0.480 e. The molecule has 1 aliphatic heterocycles. The molecular weight excluding hydrogens is 370 g/mol. The van der Waals surface area contributed by atoms with Crippen molar-refractivity contribution in [1.29, 1.82) is 0 Å². The lowest BCUT2D eigenvalue weighted by Gasteiger charge is -2.35. The van der Waals surface area contributed by atoms with E-state index in [0.717, 1.165) is 12.8 Å². The van der Waals surface area contributed by atoms with Crippen LogP contribution in [0.2, 0.25) is 0 Å². The van der Waals surface area contributed by atoms with Crippen molar-refractivity contribution in [2.24, 2.45) is 0 Å². The zero-order valence-electron chi connectivity index (χ0n) is 15.3. The van der Waals surface area contributed by atoms with Crippen LogP contribution in [0.5, 0.6) is 0 Å². The zero-order chi connectivity index (χ0) is 19.6. The molecule has 1 aromatic rings. The number of carboxylic acids is 1. The number of carboxylic acid groups (broad SMARTS) is 1. The summed E-state index contributed by atoms with van der Waals surface area (Å²) in [6.07, 6.45) is 1.82. The Morgan fingerprint density at radius 1 is 1.15 bits per heavy atom. The van der Waals surface area contributed by atoms with Gasteiger partial charge in [0.15, 0.2) is 0 Å². The van der Waals surface area contributed by atoms with Gasteiger partial charge in [0, 0.05) is 32.2 Å². The molecule has 1 heterocycles. The molecule has 3 rings (SSSR count). The smallest absolute Gasteiger partial charge is 0.320 e. The van der Waals surface area contributed by atoms with E-state index in [0.29, 0.717) is 13.1 Å². The fraction of sp³-hybridized carbons (Fsp3) is 0.556. The number of sulfonamides is 1. The standard InChI is InChI=1S/C18H25N3O5S/c1-14(18(23)24)21(15-7-8-15)13-17(22)19-9-11-20(12-10-19)27(25,26)16-5-3-2-4-6-16/h2-6,14-15H,7-13H2,1H3,(H,23,24). The summed E-state index contributed by atoms with van der Waals surface area (Å²) in [5.74, 6) is -1.08. The normalized spacial score (nSPS) is 19.9. The molecule has 1 atom stereocenters. The number of nitrogens with zero attached hydrogens (tertiary/aromatic N) is 3. The van der Waals surface area contributed by atoms with Gasteiger partial charge >= 0.3 is 5.97 Å². The molecule has 2 aliphatic rings. The van der Waals surface area contributed by atoms with Crippen LogP contribution in [-0.2, 0) is 19.6 Å². The molecular formula is C18H25N3O5S. The minimum atomic E-state index is -3.56. The molecule has 1 N–H and O–H groups in total. The SMILES string of the molecule is CC(C(=O)O)N(CC(=O)N1CCN(S(=O)(=O)c2ccccc2)CC1)C1CC1. The maximum atomic E-state index is 12.7. The third kappa shape index (κ3) is 4.48. The average Bonchev–Trinajstić information content (AvgIpc) is 3.51. The number of carbonyl (C=O) groups is 2. The molecule has 148 valence electrons. The molecule has 9 heteroatoms. The number of benzene rings is 1. The molecule has 1 saturated carbocycles. The number of piperazine rings is 1. The summed E-state index contributed by atoms with van der Waals surface area (Å²) >= 11 is 0. The molecule has 1 saturated heterocycles. The summed E-state index contributed by atoms with van der Waals surface area (Å²) in [4.78, 5) is 27.5. The number of hydrogen-bond acceptors (Lipinski definition) is 5. The number of rotatable bonds is 7. The van der Waals surface area contributed by atoms with Crippen molar-refractivity contribution in [3.63, 3.8) is 0 Å². The van der Waals surface area contributed by atoms with E-state index in [1.54, 1.807) is 47.1 Å². The summed E-state index contributed by atoms with van der Waals surface area (Å²) < 4.78 is 26.7. The van der Waals surface area contributed by atoms with Crippen LogP contribution >= 0.6 is 0 Å². The number of aliphatic carboxylic acids is 1. The predicted octanol–water partition coefficient (Wildman–Crippen LogP) is 0.457. The summed E-state index contributed by atoms with van der Waals surface area (Å²) in [7, 11) is -3.56. The van der Waals surface area contributed by atoms with E-state index in [-0.39, 0.29) is 36.5 Å². The maximum Gasteiger partial charge on any atom is 0.320 e. The Hall–Kier alpha value is -1.97. The van der Waals surface area contributed by atoms with Gasteiger partial charge in [-0.1, -0.05) is 18.2 Å². The molecule has 0 radical (unpaired) electrons. The van der Waals surface area contributed by atoms with Crippen molar-refractivity contribution in [1.82, 2.24) is 14.1 Å². The van der Waals surface area contributed by atoms with Crippen molar-refractivity contribution >= 4 is 21.9 Å². The van der Waals surface area contributed by atoms with Gasteiger partial charge < -0.3 is 10.0 Å². The molecule has 2 fully saturated rings. The number of amides is 1. The van der Waals surface area contributed by atoms with Crippen molar-refractivity contribution in [2.45, 2.75) is 36.7 Å². The first kappa shape index (κ1) is 19.8. The van der Waals surface area contributed by atoms with Gasteiger partial charge in [0.1, 0.15) is 6.04 Å². The summed E-state index contributed by atoms with van der Waals surface area (Å²) in [5, 5.41) is 9.24. The largest absolute Gasteiger partial charge is 0.480 e. The van der Waals surface area contributed by atoms with Crippen LogP contribution in [0.15, 0.2) is 35.2 Å². The fourth-order valence-electron chi connectivity index (χ4n) is 3.31. The van der Waals surface area contributed by atoms with E-state index in [2.05, 4.69) is 0 Å². The molecule has 0 spiro atoms. The lowest BCUT2D eigenvalue weighted by Crippen LogP contribution is -2.54. The number of hydrogen-bond donors (Lipinski definition) is 1. The highest BCUT2D eigenvalue weighted by Crippen LogP contribution is 2.28. The highest BCUT2D eigenvalue weighted by atomic mass is 32.2. The Kier molecular flexibility index (Phi) is 5.83. The topological polar surface area (TPSA) is 98.2 Å². The second-order valence-corrected chi connectivity index (χ2v) is 8.95. The first-order valence-corrected chi connectivity index (χ1v) is 10.6. The summed E-state index contributed by atoms with van der Waals surface area (Å²) in [6, 6.07) is 7.70. The van der Waals surface area contributed by atoms with Crippen LogP contribution in [0.25, 0.3) is 0 Å².